The Balaban J connectivity index is 2.62. The Hall–Kier alpha value is -1.20. The summed E-state index contributed by atoms with van der Waals surface area (Å²) < 4.78 is 10.1. The highest BCUT2D eigenvalue weighted by molar-refractivity contribution is 5.12. The molecule has 0 bridgehead atoms. The second-order valence-electron chi connectivity index (χ2n) is 2.83. The normalized spacial score (nSPS) is 10.2. The first kappa shape index (κ1) is 10.9. The van der Waals surface area contributed by atoms with Crippen molar-refractivity contribution in [1.82, 2.24) is 9.97 Å². The molecule has 1 aromatic rings. The molecule has 0 unspecified atom stereocenters. The molecule has 0 aliphatic rings. The Labute approximate surface area is 83.3 Å². The highest BCUT2D eigenvalue weighted by Gasteiger charge is 2.01. The Morgan fingerprint density at radius 1 is 1.36 bits per heavy atom. The van der Waals surface area contributed by atoms with Gasteiger partial charge in [0.25, 0.3) is 0 Å². The molecule has 5 nitrogen and oxygen atoms in total. The van der Waals surface area contributed by atoms with E-state index in [9.17, 15) is 0 Å². The van der Waals surface area contributed by atoms with Gasteiger partial charge < -0.3 is 15.2 Å². The second kappa shape index (κ2) is 5.51. The minimum absolute atomic E-state index is 0.363. The van der Waals surface area contributed by atoms with E-state index >= 15 is 0 Å². The molecular weight excluding hydrogens is 182 g/mol. The average Bonchev–Trinajstić information content (AvgIpc) is 2.17. The van der Waals surface area contributed by atoms with E-state index in [0.717, 1.165) is 11.4 Å². The third-order valence-electron chi connectivity index (χ3n) is 1.61. The molecule has 14 heavy (non-hydrogen) atoms. The maximum absolute atomic E-state index is 5.47. The lowest BCUT2D eigenvalue weighted by molar-refractivity contribution is 0.140. The van der Waals surface area contributed by atoms with Crippen LogP contribution in [-0.2, 0) is 11.3 Å². The van der Waals surface area contributed by atoms with Crippen LogP contribution in [0.3, 0.4) is 0 Å². The fourth-order valence-electron chi connectivity index (χ4n) is 0.990. The van der Waals surface area contributed by atoms with Crippen LogP contribution in [0.15, 0.2) is 6.07 Å². The lowest BCUT2D eigenvalue weighted by atomic mass is 10.3. The maximum atomic E-state index is 5.47. The van der Waals surface area contributed by atoms with Gasteiger partial charge in [0.15, 0.2) is 0 Å². The van der Waals surface area contributed by atoms with Gasteiger partial charge in [-0.05, 0) is 13.0 Å². The molecule has 2 N–H and O–H groups in total. The average molecular weight is 197 g/mol. The first-order chi connectivity index (χ1) is 6.76. The fraction of sp³-hybridized carbons (Fsp3) is 0.556. The summed E-state index contributed by atoms with van der Waals surface area (Å²) in [5, 5.41) is 0. The van der Waals surface area contributed by atoms with Gasteiger partial charge in [0.1, 0.15) is 6.61 Å². The Morgan fingerprint density at radius 3 is 2.79 bits per heavy atom. The van der Waals surface area contributed by atoms with Crippen molar-refractivity contribution >= 4 is 0 Å². The molecule has 0 saturated heterocycles. The second-order valence-corrected chi connectivity index (χ2v) is 2.83. The van der Waals surface area contributed by atoms with Crippen LogP contribution in [0, 0.1) is 6.92 Å². The minimum Gasteiger partial charge on any atom is -0.461 e. The minimum atomic E-state index is 0.363. The number of nitrogens with two attached hydrogens (primary N) is 1. The van der Waals surface area contributed by atoms with Gasteiger partial charge in [0, 0.05) is 19.3 Å². The van der Waals surface area contributed by atoms with Crippen molar-refractivity contribution in [3.63, 3.8) is 0 Å². The topological polar surface area (TPSA) is 70.3 Å². The van der Waals surface area contributed by atoms with Crippen molar-refractivity contribution in [2.24, 2.45) is 5.73 Å². The van der Waals surface area contributed by atoms with Crippen LogP contribution >= 0.6 is 0 Å². The number of hydrogen-bond donors (Lipinski definition) is 1. The van der Waals surface area contributed by atoms with Gasteiger partial charge in [-0.15, -0.1) is 0 Å². The van der Waals surface area contributed by atoms with Crippen molar-refractivity contribution < 1.29 is 9.47 Å². The molecule has 0 aromatic carbocycles. The molecule has 0 atom stereocenters. The molecule has 0 spiro atoms. The SMILES string of the molecule is COCCOc1nc(C)cc(CN)n1. The highest BCUT2D eigenvalue weighted by atomic mass is 16.5. The summed E-state index contributed by atoms with van der Waals surface area (Å²) in [7, 11) is 1.62. The molecule has 0 radical (unpaired) electrons. The molecule has 1 aromatic heterocycles. The predicted molar refractivity (Wildman–Crippen MR) is 52.0 cm³/mol. The third-order valence-corrected chi connectivity index (χ3v) is 1.61. The Kier molecular flexibility index (Phi) is 4.28. The largest absolute Gasteiger partial charge is 0.461 e. The van der Waals surface area contributed by atoms with Gasteiger partial charge in [-0.1, -0.05) is 0 Å². The number of hydrogen-bond acceptors (Lipinski definition) is 5. The number of ether oxygens (including phenoxy) is 2. The van der Waals surface area contributed by atoms with E-state index < -0.39 is 0 Å². The van der Waals surface area contributed by atoms with Crippen LogP contribution in [0.4, 0.5) is 0 Å². The van der Waals surface area contributed by atoms with Gasteiger partial charge >= 0.3 is 6.01 Å². The summed E-state index contributed by atoms with van der Waals surface area (Å²) in [4.78, 5) is 8.22. The standard InChI is InChI=1S/C9H15N3O2/c1-7-5-8(6-10)12-9(11-7)14-4-3-13-2/h5H,3-4,6,10H2,1-2H3. The summed E-state index contributed by atoms with van der Waals surface area (Å²) in [6, 6.07) is 2.20. The summed E-state index contributed by atoms with van der Waals surface area (Å²) in [6.07, 6.45) is 0. The molecule has 0 aliphatic heterocycles. The zero-order valence-corrected chi connectivity index (χ0v) is 8.49. The Morgan fingerprint density at radius 2 is 2.14 bits per heavy atom. The van der Waals surface area contributed by atoms with Crippen molar-refractivity contribution in [2.75, 3.05) is 20.3 Å². The molecule has 1 rings (SSSR count). The van der Waals surface area contributed by atoms with Crippen LogP contribution in [0.25, 0.3) is 0 Å². The van der Waals surface area contributed by atoms with Crippen LogP contribution in [0.5, 0.6) is 6.01 Å². The van der Waals surface area contributed by atoms with Gasteiger partial charge in [0.05, 0.1) is 12.3 Å². The number of nitrogens with zero attached hydrogens (tertiary/aromatic N) is 2. The third kappa shape index (κ3) is 3.27. The zero-order chi connectivity index (χ0) is 10.4. The highest BCUT2D eigenvalue weighted by Crippen LogP contribution is 2.06. The van der Waals surface area contributed by atoms with Crippen LogP contribution in [0.1, 0.15) is 11.4 Å². The van der Waals surface area contributed by atoms with Crippen molar-refractivity contribution in [3.05, 3.63) is 17.5 Å². The van der Waals surface area contributed by atoms with Crippen molar-refractivity contribution in [1.29, 1.82) is 0 Å². The number of aryl methyl sites for hydroxylation is 1. The first-order valence-corrected chi connectivity index (χ1v) is 4.42. The summed E-state index contributed by atoms with van der Waals surface area (Å²) in [5.41, 5.74) is 7.11. The van der Waals surface area contributed by atoms with Crippen LogP contribution < -0.4 is 10.5 Å². The van der Waals surface area contributed by atoms with Crippen LogP contribution in [0.2, 0.25) is 0 Å². The lowest BCUT2D eigenvalue weighted by Gasteiger charge is -2.05. The van der Waals surface area contributed by atoms with E-state index in [1.807, 2.05) is 13.0 Å². The fourth-order valence-corrected chi connectivity index (χ4v) is 0.990. The molecule has 0 amide bonds. The quantitative estimate of drug-likeness (QED) is 0.686. The summed E-state index contributed by atoms with van der Waals surface area (Å²) >= 11 is 0. The van der Waals surface area contributed by atoms with Crippen molar-refractivity contribution in [3.8, 4) is 6.01 Å². The van der Waals surface area contributed by atoms with Crippen molar-refractivity contribution in [2.45, 2.75) is 13.5 Å². The monoisotopic (exact) mass is 197 g/mol. The molecule has 1 heterocycles. The molecular formula is C9H15N3O2. The maximum Gasteiger partial charge on any atom is 0.316 e. The van der Waals surface area contributed by atoms with E-state index in [1.165, 1.54) is 0 Å². The Bertz CT molecular complexity index is 291. The smallest absolute Gasteiger partial charge is 0.316 e. The van der Waals surface area contributed by atoms with E-state index in [0.29, 0.717) is 25.8 Å². The number of aromatic nitrogens is 2. The first-order valence-electron chi connectivity index (χ1n) is 4.42. The van der Waals surface area contributed by atoms with Crippen LogP contribution in [-0.4, -0.2) is 30.3 Å². The zero-order valence-electron chi connectivity index (χ0n) is 8.49. The summed E-state index contributed by atoms with van der Waals surface area (Å²) in [5.74, 6) is 0. The van der Waals surface area contributed by atoms with E-state index in [2.05, 4.69) is 9.97 Å². The van der Waals surface area contributed by atoms with Gasteiger partial charge in [-0.2, -0.15) is 4.98 Å². The number of methoxy groups -OCH3 is 1. The predicted octanol–water partition coefficient (Wildman–Crippen LogP) is 0.269. The lowest BCUT2D eigenvalue weighted by Crippen LogP contribution is -2.09. The van der Waals surface area contributed by atoms with E-state index in [-0.39, 0.29) is 0 Å². The van der Waals surface area contributed by atoms with Gasteiger partial charge in [0.2, 0.25) is 0 Å². The number of rotatable bonds is 5. The van der Waals surface area contributed by atoms with E-state index in [4.69, 9.17) is 15.2 Å². The van der Waals surface area contributed by atoms with Gasteiger partial charge in [-0.3, -0.25) is 0 Å². The molecule has 0 saturated carbocycles. The van der Waals surface area contributed by atoms with Gasteiger partial charge in [-0.25, -0.2) is 4.98 Å². The van der Waals surface area contributed by atoms with E-state index in [1.54, 1.807) is 7.11 Å². The molecule has 0 fully saturated rings. The molecule has 78 valence electrons. The molecule has 5 heteroatoms. The molecule has 0 aliphatic carbocycles. The summed E-state index contributed by atoms with van der Waals surface area (Å²) in [6.45, 7) is 3.24.